The zero-order chi connectivity index (χ0) is 12.8. The Morgan fingerprint density at radius 2 is 1.69 bits per heavy atom. The molecule has 0 saturated carbocycles. The van der Waals surface area contributed by atoms with Gasteiger partial charge in [-0.2, -0.15) is 0 Å². The largest absolute Gasteiger partial charge is 0.320 e. The molecule has 0 radical (unpaired) electrons. The van der Waals surface area contributed by atoms with E-state index in [1.54, 1.807) is 7.05 Å². The van der Waals surface area contributed by atoms with E-state index in [2.05, 4.69) is 5.32 Å². The number of hydrogen-bond donors (Lipinski definition) is 1. The van der Waals surface area contributed by atoms with Crippen LogP contribution in [0.3, 0.4) is 0 Å². The lowest BCUT2D eigenvalue weighted by Gasteiger charge is -2.16. The molecule has 0 aliphatic carbocycles. The molecule has 16 heavy (non-hydrogen) atoms. The molecule has 0 heterocycles. The lowest BCUT2D eigenvalue weighted by Crippen LogP contribution is -2.33. The predicted molar refractivity (Wildman–Crippen MR) is 64.7 cm³/mol. The van der Waals surface area contributed by atoms with Crippen molar-refractivity contribution >= 4 is 19.9 Å². The Morgan fingerprint density at radius 1 is 1.12 bits per heavy atom. The molecule has 6 nitrogen and oxygen atoms in total. The van der Waals surface area contributed by atoms with Gasteiger partial charge in [0.25, 0.3) is 0 Å². The Hall–Kier alpha value is -0.180. The monoisotopic (exact) mass is 272 g/mol. The molecule has 0 bridgehead atoms. The van der Waals surface area contributed by atoms with E-state index < -0.39 is 19.9 Å². The number of nitrogens with zero attached hydrogens (tertiary/aromatic N) is 1. The van der Waals surface area contributed by atoms with E-state index in [4.69, 9.17) is 0 Å². The number of rotatable bonds is 8. The molecule has 8 heteroatoms. The molecule has 98 valence electrons. The number of sulfonamides is 1. The van der Waals surface area contributed by atoms with Crippen molar-refractivity contribution in [1.82, 2.24) is 9.62 Å². The van der Waals surface area contributed by atoms with Gasteiger partial charge in [0.05, 0.1) is 11.5 Å². The minimum absolute atomic E-state index is 0.0146. The van der Waals surface area contributed by atoms with Crippen molar-refractivity contribution in [2.45, 2.75) is 6.42 Å². The van der Waals surface area contributed by atoms with Crippen LogP contribution in [0.15, 0.2) is 0 Å². The zero-order valence-electron chi connectivity index (χ0n) is 9.93. The Balaban J connectivity index is 4.20. The molecule has 0 unspecified atom stereocenters. The standard InChI is InChI=1S/C8H20N2O4S2/c1-9-5-4-7-16(13,14)10(2)6-8-15(3,11)12/h9H,4-8H2,1-3H3. The van der Waals surface area contributed by atoms with Crippen molar-refractivity contribution < 1.29 is 16.8 Å². The van der Waals surface area contributed by atoms with E-state index in [-0.39, 0.29) is 18.1 Å². The third-order valence-electron chi connectivity index (χ3n) is 2.08. The molecule has 1 N–H and O–H groups in total. The van der Waals surface area contributed by atoms with Gasteiger partial charge in [-0.15, -0.1) is 0 Å². The summed E-state index contributed by atoms with van der Waals surface area (Å²) in [5.41, 5.74) is 0. The maximum atomic E-state index is 11.6. The molecule has 0 aromatic rings. The molecule has 0 fully saturated rings. The van der Waals surface area contributed by atoms with Gasteiger partial charge in [0.1, 0.15) is 9.84 Å². The van der Waals surface area contributed by atoms with Gasteiger partial charge >= 0.3 is 0 Å². The molecule has 0 amide bonds. The summed E-state index contributed by atoms with van der Waals surface area (Å²) >= 11 is 0. The van der Waals surface area contributed by atoms with Gasteiger partial charge in [-0.3, -0.25) is 0 Å². The Labute approximate surface area is 98.0 Å². The van der Waals surface area contributed by atoms with E-state index in [1.807, 2.05) is 0 Å². The maximum absolute atomic E-state index is 11.6. The predicted octanol–water partition coefficient (Wildman–Crippen LogP) is -1.10. The van der Waals surface area contributed by atoms with Gasteiger partial charge < -0.3 is 5.32 Å². The van der Waals surface area contributed by atoms with Gasteiger partial charge in [0, 0.05) is 19.8 Å². The Bertz CT molecular complexity index is 388. The third kappa shape index (κ3) is 7.15. The SMILES string of the molecule is CNCCCS(=O)(=O)N(C)CCS(C)(=O)=O. The zero-order valence-corrected chi connectivity index (χ0v) is 11.6. The fourth-order valence-electron chi connectivity index (χ4n) is 1.02. The van der Waals surface area contributed by atoms with Crippen molar-refractivity contribution in [3.05, 3.63) is 0 Å². The van der Waals surface area contributed by atoms with Gasteiger partial charge in [0.15, 0.2) is 0 Å². The first-order valence-electron chi connectivity index (χ1n) is 4.95. The Kier molecular flexibility index (Phi) is 6.46. The van der Waals surface area contributed by atoms with Crippen molar-refractivity contribution in [2.24, 2.45) is 0 Å². The van der Waals surface area contributed by atoms with Crippen LogP contribution < -0.4 is 5.32 Å². The second kappa shape index (κ2) is 6.53. The molecule has 0 saturated heterocycles. The van der Waals surface area contributed by atoms with Crippen molar-refractivity contribution in [3.63, 3.8) is 0 Å². The van der Waals surface area contributed by atoms with E-state index in [9.17, 15) is 16.8 Å². The van der Waals surface area contributed by atoms with Gasteiger partial charge in [-0.05, 0) is 20.0 Å². The molecule has 0 aromatic heterocycles. The molecule has 0 rings (SSSR count). The van der Waals surface area contributed by atoms with Gasteiger partial charge in [-0.25, -0.2) is 21.1 Å². The van der Waals surface area contributed by atoms with Crippen LogP contribution in [-0.2, 0) is 19.9 Å². The molecular formula is C8H20N2O4S2. The summed E-state index contributed by atoms with van der Waals surface area (Å²) in [6.45, 7) is 0.639. The first kappa shape index (κ1) is 15.8. The minimum atomic E-state index is -3.33. The fraction of sp³-hybridized carbons (Fsp3) is 1.00. The number of hydrogen-bond acceptors (Lipinski definition) is 5. The van der Waals surface area contributed by atoms with E-state index in [1.165, 1.54) is 7.05 Å². The molecule has 0 aromatic carbocycles. The second-order valence-corrected chi connectivity index (χ2v) is 8.18. The average Bonchev–Trinajstić information content (AvgIpc) is 2.13. The van der Waals surface area contributed by atoms with Crippen molar-refractivity contribution in [1.29, 1.82) is 0 Å². The van der Waals surface area contributed by atoms with Crippen LogP contribution in [0.4, 0.5) is 0 Å². The highest BCUT2D eigenvalue weighted by Crippen LogP contribution is 2.00. The molecular weight excluding hydrogens is 252 g/mol. The van der Waals surface area contributed by atoms with Gasteiger partial charge in [0.2, 0.25) is 10.0 Å². The molecule has 0 atom stereocenters. The van der Waals surface area contributed by atoms with E-state index in [0.717, 1.165) is 10.6 Å². The summed E-state index contributed by atoms with van der Waals surface area (Å²) < 4.78 is 46.1. The normalized spacial score (nSPS) is 13.2. The summed E-state index contributed by atoms with van der Waals surface area (Å²) in [7, 11) is -3.30. The molecule has 0 aliphatic heterocycles. The summed E-state index contributed by atoms with van der Waals surface area (Å²) in [4.78, 5) is 0. The summed E-state index contributed by atoms with van der Waals surface area (Å²) in [5, 5.41) is 2.86. The summed E-state index contributed by atoms with van der Waals surface area (Å²) in [6, 6.07) is 0. The van der Waals surface area contributed by atoms with Gasteiger partial charge in [-0.1, -0.05) is 0 Å². The van der Waals surface area contributed by atoms with Crippen LogP contribution in [0.25, 0.3) is 0 Å². The smallest absolute Gasteiger partial charge is 0.213 e. The highest BCUT2D eigenvalue weighted by molar-refractivity contribution is 7.91. The van der Waals surface area contributed by atoms with Crippen LogP contribution in [0, 0.1) is 0 Å². The topological polar surface area (TPSA) is 83.6 Å². The maximum Gasteiger partial charge on any atom is 0.213 e. The average molecular weight is 272 g/mol. The van der Waals surface area contributed by atoms with Crippen molar-refractivity contribution in [3.8, 4) is 0 Å². The van der Waals surface area contributed by atoms with Crippen LogP contribution in [0.1, 0.15) is 6.42 Å². The summed E-state index contributed by atoms with van der Waals surface area (Å²) in [5.74, 6) is -0.108. The van der Waals surface area contributed by atoms with E-state index >= 15 is 0 Å². The van der Waals surface area contributed by atoms with Crippen molar-refractivity contribution in [2.75, 3.05) is 44.9 Å². The minimum Gasteiger partial charge on any atom is -0.320 e. The lowest BCUT2D eigenvalue weighted by molar-refractivity contribution is 0.482. The molecule has 0 aliphatic rings. The Morgan fingerprint density at radius 3 is 2.12 bits per heavy atom. The lowest BCUT2D eigenvalue weighted by atomic mass is 10.5. The van der Waals surface area contributed by atoms with Crippen LogP contribution in [0.2, 0.25) is 0 Å². The van der Waals surface area contributed by atoms with E-state index in [0.29, 0.717) is 13.0 Å². The quantitative estimate of drug-likeness (QED) is 0.567. The highest BCUT2D eigenvalue weighted by Gasteiger charge is 2.18. The second-order valence-electron chi connectivity index (χ2n) is 3.72. The summed E-state index contributed by atoms with van der Waals surface area (Å²) in [6.07, 6.45) is 1.61. The first-order valence-corrected chi connectivity index (χ1v) is 8.62. The van der Waals surface area contributed by atoms with Crippen LogP contribution in [-0.4, -0.2) is 66.1 Å². The highest BCUT2D eigenvalue weighted by atomic mass is 32.2. The fourth-order valence-corrected chi connectivity index (χ4v) is 2.93. The number of nitrogens with one attached hydrogen (secondary N) is 1. The number of sulfone groups is 1. The van der Waals surface area contributed by atoms with Crippen LogP contribution >= 0.6 is 0 Å². The van der Waals surface area contributed by atoms with Crippen LogP contribution in [0.5, 0.6) is 0 Å². The first-order chi connectivity index (χ1) is 7.19. The molecule has 0 spiro atoms. The third-order valence-corrected chi connectivity index (χ3v) is 4.94.